The largest absolute Gasteiger partial charge is 0.284 e. The average Bonchev–Trinajstić information content (AvgIpc) is 3.34. The normalized spacial score (nSPS) is 15.0. The summed E-state index contributed by atoms with van der Waals surface area (Å²) in [6, 6.07) is 6.87. The summed E-state index contributed by atoms with van der Waals surface area (Å²) in [5.74, 6) is 0.0712. The van der Waals surface area contributed by atoms with Gasteiger partial charge in [0.25, 0.3) is 5.69 Å². The van der Waals surface area contributed by atoms with Gasteiger partial charge < -0.3 is 0 Å². The summed E-state index contributed by atoms with van der Waals surface area (Å²) in [5, 5.41) is 19.9. The Balaban J connectivity index is 1.73. The van der Waals surface area contributed by atoms with Gasteiger partial charge in [0.05, 0.1) is 4.92 Å². The summed E-state index contributed by atoms with van der Waals surface area (Å²) in [5.41, 5.74) is 0.941. The molecule has 1 amide bonds. The lowest BCUT2D eigenvalue weighted by molar-refractivity contribution is -0.384. The second-order valence-corrected chi connectivity index (χ2v) is 8.36. The fraction of sp³-hybridized carbons (Fsp3) is 0.438. The van der Waals surface area contributed by atoms with E-state index in [9.17, 15) is 14.9 Å². The topological polar surface area (TPSA) is 89.2 Å². The summed E-state index contributed by atoms with van der Waals surface area (Å²) < 4.78 is 0.753. The highest BCUT2D eigenvalue weighted by Crippen LogP contribution is 2.41. The van der Waals surface area contributed by atoms with Crippen LogP contribution in [0.4, 0.5) is 10.8 Å². The molecule has 1 fully saturated rings. The van der Waals surface area contributed by atoms with E-state index in [1.54, 1.807) is 17.0 Å². The molecule has 0 bridgehead atoms. The third-order valence-corrected chi connectivity index (χ3v) is 6.08. The molecule has 1 aromatic heterocycles. The molecule has 2 aromatic rings. The predicted octanol–water partition coefficient (Wildman–Crippen LogP) is 4.21. The molecule has 0 N–H and O–H groups in total. The second-order valence-electron chi connectivity index (χ2n) is 5.81. The molecule has 9 heteroatoms. The van der Waals surface area contributed by atoms with Crippen LogP contribution in [0.3, 0.4) is 0 Å². The minimum atomic E-state index is -0.395. The number of carbonyl (C=O) groups excluding carboxylic acids is 1. The van der Waals surface area contributed by atoms with Crippen molar-refractivity contribution in [2.45, 2.75) is 48.7 Å². The molecular formula is C16H18N4O3S2. The van der Waals surface area contributed by atoms with Crippen molar-refractivity contribution in [1.82, 2.24) is 10.2 Å². The van der Waals surface area contributed by atoms with E-state index in [1.165, 1.54) is 29.2 Å². The third kappa shape index (κ3) is 4.16. The van der Waals surface area contributed by atoms with E-state index >= 15 is 0 Å². The molecule has 0 unspecified atom stereocenters. The molecular weight excluding hydrogens is 360 g/mol. The van der Waals surface area contributed by atoms with Gasteiger partial charge in [0.15, 0.2) is 4.34 Å². The molecule has 1 aliphatic rings. The van der Waals surface area contributed by atoms with E-state index in [0.717, 1.165) is 22.7 Å². The molecule has 7 nitrogen and oxygen atoms in total. The summed E-state index contributed by atoms with van der Waals surface area (Å²) in [4.78, 5) is 24.4. The highest BCUT2D eigenvalue weighted by atomic mass is 32.2. The zero-order chi connectivity index (χ0) is 18.0. The Kier molecular flexibility index (Phi) is 5.33. The van der Waals surface area contributed by atoms with Crippen molar-refractivity contribution < 1.29 is 9.72 Å². The third-order valence-electron chi connectivity index (χ3n) is 3.91. The van der Waals surface area contributed by atoms with Crippen molar-refractivity contribution in [3.63, 3.8) is 0 Å². The lowest BCUT2D eigenvalue weighted by atomic mass is 10.1. The highest BCUT2D eigenvalue weighted by Gasteiger charge is 2.35. The Morgan fingerprint density at radius 2 is 2.24 bits per heavy atom. The van der Waals surface area contributed by atoms with E-state index in [0.29, 0.717) is 11.6 Å². The summed E-state index contributed by atoms with van der Waals surface area (Å²) in [6.45, 7) is 3.82. The van der Waals surface area contributed by atoms with Crippen LogP contribution in [0.1, 0.15) is 43.9 Å². The molecule has 1 saturated carbocycles. The van der Waals surface area contributed by atoms with Gasteiger partial charge in [-0.3, -0.25) is 19.8 Å². The van der Waals surface area contributed by atoms with Crippen LogP contribution in [0.15, 0.2) is 28.6 Å². The van der Waals surface area contributed by atoms with Crippen LogP contribution in [0.5, 0.6) is 0 Å². The smallest absolute Gasteiger partial charge is 0.269 e. The number of rotatable bonds is 7. The van der Waals surface area contributed by atoms with Gasteiger partial charge in [-0.25, -0.2) is 0 Å². The van der Waals surface area contributed by atoms with Crippen LogP contribution < -0.4 is 4.90 Å². The van der Waals surface area contributed by atoms with Crippen molar-refractivity contribution in [3.05, 3.63) is 39.9 Å². The fourth-order valence-electron chi connectivity index (χ4n) is 2.43. The maximum atomic E-state index is 12.1. The number of aromatic nitrogens is 2. The number of benzene rings is 1. The first-order valence-corrected chi connectivity index (χ1v) is 9.75. The molecule has 0 radical (unpaired) electrons. The van der Waals surface area contributed by atoms with Gasteiger partial charge in [0, 0.05) is 29.8 Å². The number of carbonyl (C=O) groups is 1. The first kappa shape index (κ1) is 17.8. The summed E-state index contributed by atoms with van der Waals surface area (Å²) >= 11 is 2.89. The standard InChI is InChI=1S/C16H18N4O3S2/c1-3-14(21)19(12-7-8-12)15-17-18-16(25-15)24-10(2)11-5-4-6-13(9-11)20(22)23/h4-6,9-10,12H,3,7-8H2,1-2H3/t10-/m0/s1. The molecule has 0 aliphatic heterocycles. The Morgan fingerprint density at radius 1 is 1.48 bits per heavy atom. The molecule has 3 rings (SSSR count). The highest BCUT2D eigenvalue weighted by molar-refractivity contribution is 8.01. The van der Waals surface area contributed by atoms with Crippen LogP contribution in [0.2, 0.25) is 0 Å². The molecule has 1 aliphatic carbocycles. The Hall–Kier alpha value is -2.00. The minimum absolute atomic E-state index is 0.00282. The fourth-order valence-corrected chi connectivity index (χ4v) is 4.62. The van der Waals surface area contributed by atoms with E-state index in [4.69, 9.17) is 0 Å². The van der Waals surface area contributed by atoms with Gasteiger partial charge in [0.1, 0.15) is 0 Å². The number of nitro groups is 1. The molecule has 0 spiro atoms. The Labute approximate surface area is 153 Å². The number of thioether (sulfide) groups is 1. The molecule has 1 heterocycles. The van der Waals surface area contributed by atoms with Crippen LogP contribution in [0, 0.1) is 10.1 Å². The summed E-state index contributed by atoms with van der Waals surface area (Å²) in [7, 11) is 0. The molecule has 25 heavy (non-hydrogen) atoms. The van der Waals surface area contributed by atoms with Crippen LogP contribution in [-0.2, 0) is 4.79 Å². The van der Waals surface area contributed by atoms with Crippen molar-refractivity contribution in [2.75, 3.05) is 4.90 Å². The predicted molar refractivity (Wildman–Crippen MR) is 98.1 cm³/mol. The lowest BCUT2D eigenvalue weighted by Crippen LogP contribution is -2.32. The maximum Gasteiger partial charge on any atom is 0.269 e. The average molecular weight is 378 g/mol. The summed E-state index contributed by atoms with van der Waals surface area (Å²) in [6.07, 6.45) is 2.47. The Bertz CT molecular complexity index is 791. The van der Waals surface area contributed by atoms with Gasteiger partial charge >= 0.3 is 0 Å². The van der Waals surface area contributed by atoms with E-state index in [1.807, 2.05) is 19.9 Å². The van der Waals surface area contributed by atoms with E-state index < -0.39 is 4.92 Å². The first-order valence-electron chi connectivity index (χ1n) is 8.06. The SMILES string of the molecule is CCC(=O)N(c1nnc(S[C@@H](C)c2cccc([N+](=O)[O-])c2)s1)C1CC1. The number of nitro benzene ring substituents is 1. The van der Waals surface area contributed by atoms with Crippen molar-refractivity contribution in [1.29, 1.82) is 0 Å². The van der Waals surface area contributed by atoms with Crippen LogP contribution >= 0.6 is 23.1 Å². The first-order chi connectivity index (χ1) is 12.0. The molecule has 0 saturated heterocycles. The number of hydrogen-bond acceptors (Lipinski definition) is 7. The van der Waals surface area contributed by atoms with Crippen molar-refractivity contribution >= 4 is 39.8 Å². The quantitative estimate of drug-likeness (QED) is 0.310. The van der Waals surface area contributed by atoms with Gasteiger partial charge in [0.2, 0.25) is 11.0 Å². The van der Waals surface area contributed by atoms with E-state index in [-0.39, 0.29) is 22.9 Å². The number of nitrogens with zero attached hydrogens (tertiary/aromatic N) is 4. The Morgan fingerprint density at radius 3 is 2.88 bits per heavy atom. The van der Waals surface area contributed by atoms with Crippen molar-refractivity contribution in [2.24, 2.45) is 0 Å². The monoisotopic (exact) mass is 378 g/mol. The van der Waals surface area contributed by atoms with Gasteiger partial charge in [-0.2, -0.15) is 0 Å². The number of anilines is 1. The van der Waals surface area contributed by atoms with Crippen LogP contribution in [0.25, 0.3) is 0 Å². The molecule has 132 valence electrons. The van der Waals surface area contributed by atoms with Crippen molar-refractivity contribution in [3.8, 4) is 0 Å². The zero-order valence-electron chi connectivity index (χ0n) is 13.9. The lowest BCUT2D eigenvalue weighted by Gasteiger charge is -2.17. The second kappa shape index (κ2) is 7.49. The van der Waals surface area contributed by atoms with Gasteiger partial charge in [-0.15, -0.1) is 10.2 Å². The zero-order valence-corrected chi connectivity index (χ0v) is 15.5. The maximum absolute atomic E-state index is 12.1. The minimum Gasteiger partial charge on any atom is -0.284 e. The number of amides is 1. The van der Waals surface area contributed by atoms with Crippen LogP contribution in [-0.4, -0.2) is 27.1 Å². The van der Waals surface area contributed by atoms with Gasteiger partial charge in [-0.05, 0) is 25.3 Å². The molecule has 1 aromatic carbocycles. The van der Waals surface area contributed by atoms with E-state index in [2.05, 4.69) is 10.2 Å². The number of non-ortho nitro benzene ring substituents is 1. The van der Waals surface area contributed by atoms with Gasteiger partial charge in [-0.1, -0.05) is 42.2 Å². The molecule has 1 atom stereocenters. The number of hydrogen-bond donors (Lipinski definition) is 0.